The molecule has 0 unspecified atom stereocenters. The van der Waals surface area contributed by atoms with E-state index < -0.39 is 0 Å². The minimum Gasteiger partial charge on any atom is -0.376 e. The molecule has 0 saturated heterocycles. The molecule has 26 heavy (non-hydrogen) atoms. The third-order valence-corrected chi connectivity index (χ3v) is 5.07. The van der Waals surface area contributed by atoms with Crippen LogP contribution < -0.4 is 10.6 Å². The first-order valence-electron chi connectivity index (χ1n) is 9.74. The number of aryl methyl sites for hydroxylation is 1. The fraction of sp³-hybridized carbons (Fsp3) is 0.600. The molecular formula is C20H31N5O. The molecule has 1 aromatic carbocycles. The number of rotatable bonds is 6. The zero-order chi connectivity index (χ0) is 18.2. The van der Waals surface area contributed by atoms with Crippen LogP contribution in [0.3, 0.4) is 0 Å². The molecule has 1 aliphatic rings. The van der Waals surface area contributed by atoms with Gasteiger partial charge in [0.25, 0.3) is 0 Å². The topological polar surface area (TPSA) is 63.5 Å². The number of imidazole rings is 1. The molecule has 2 N–H and O–H groups in total. The number of hydrogen-bond acceptors (Lipinski definition) is 3. The van der Waals surface area contributed by atoms with Gasteiger partial charge >= 0.3 is 0 Å². The van der Waals surface area contributed by atoms with E-state index in [1.807, 2.05) is 25.2 Å². The van der Waals surface area contributed by atoms with Crippen molar-refractivity contribution in [2.75, 3.05) is 20.2 Å². The Morgan fingerprint density at radius 3 is 2.69 bits per heavy atom. The zero-order valence-corrected chi connectivity index (χ0v) is 16.0. The molecule has 3 rings (SSSR count). The molecule has 1 aliphatic carbocycles. The highest BCUT2D eigenvalue weighted by Crippen LogP contribution is 2.19. The number of ether oxygens (including phenoxy) is 1. The van der Waals surface area contributed by atoms with Crippen molar-refractivity contribution in [3.63, 3.8) is 0 Å². The smallest absolute Gasteiger partial charge is 0.191 e. The van der Waals surface area contributed by atoms with Gasteiger partial charge in [-0.15, -0.1) is 0 Å². The molecule has 142 valence electrons. The number of hydrogen-bond donors (Lipinski definition) is 2. The summed E-state index contributed by atoms with van der Waals surface area (Å²) in [6.07, 6.45) is 8.18. The number of nitrogens with one attached hydrogen (secondary N) is 2. The number of nitrogens with zero attached hydrogens (tertiary/aromatic N) is 3. The maximum Gasteiger partial charge on any atom is 0.191 e. The second-order valence-corrected chi connectivity index (χ2v) is 6.91. The molecule has 6 heteroatoms. The van der Waals surface area contributed by atoms with Crippen LogP contribution >= 0.6 is 0 Å². The van der Waals surface area contributed by atoms with Crippen molar-refractivity contribution in [3.8, 4) is 0 Å². The Labute approximate surface area is 156 Å². The molecule has 0 bridgehead atoms. The van der Waals surface area contributed by atoms with E-state index in [9.17, 15) is 0 Å². The lowest BCUT2D eigenvalue weighted by atomic mass is 10.1. The Hall–Kier alpha value is -2.08. The van der Waals surface area contributed by atoms with Gasteiger partial charge in [0.2, 0.25) is 0 Å². The van der Waals surface area contributed by atoms with Gasteiger partial charge in [-0.05, 0) is 25.0 Å². The Morgan fingerprint density at radius 2 is 1.96 bits per heavy atom. The molecule has 1 heterocycles. The summed E-state index contributed by atoms with van der Waals surface area (Å²) in [7, 11) is 3.83. The maximum atomic E-state index is 6.02. The average Bonchev–Trinajstić information content (AvgIpc) is 2.84. The zero-order valence-electron chi connectivity index (χ0n) is 16.0. The van der Waals surface area contributed by atoms with E-state index in [1.54, 1.807) is 7.05 Å². The Kier molecular flexibility index (Phi) is 6.89. The Bertz CT molecular complexity index is 716. The molecule has 1 aromatic heterocycles. The second kappa shape index (κ2) is 9.57. The van der Waals surface area contributed by atoms with Gasteiger partial charge in [0.15, 0.2) is 5.96 Å². The van der Waals surface area contributed by atoms with Gasteiger partial charge < -0.3 is 19.9 Å². The van der Waals surface area contributed by atoms with Crippen LogP contribution in [-0.4, -0.2) is 41.8 Å². The van der Waals surface area contributed by atoms with Crippen LogP contribution in [0, 0.1) is 0 Å². The van der Waals surface area contributed by atoms with Crippen LogP contribution in [0.15, 0.2) is 29.3 Å². The molecule has 0 spiro atoms. The van der Waals surface area contributed by atoms with Gasteiger partial charge in [0.05, 0.1) is 30.3 Å². The predicted octanol–water partition coefficient (Wildman–Crippen LogP) is 2.98. The molecule has 1 fully saturated rings. The van der Waals surface area contributed by atoms with E-state index in [4.69, 9.17) is 4.74 Å². The quantitative estimate of drug-likeness (QED) is 0.361. The van der Waals surface area contributed by atoms with Crippen molar-refractivity contribution in [2.24, 2.45) is 12.0 Å². The largest absolute Gasteiger partial charge is 0.376 e. The Balaban J connectivity index is 1.42. The van der Waals surface area contributed by atoms with Crippen molar-refractivity contribution >= 4 is 17.0 Å². The molecule has 1 saturated carbocycles. The van der Waals surface area contributed by atoms with Crippen LogP contribution in [0.25, 0.3) is 11.0 Å². The van der Waals surface area contributed by atoms with E-state index in [2.05, 4.69) is 31.2 Å². The lowest BCUT2D eigenvalue weighted by Crippen LogP contribution is -2.39. The fourth-order valence-electron chi connectivity index (χ4n) is 3.54. The molecule has 0 radical (unpaired) electrons. The van der Waals surface area contributed by atoms with Crippen molar-refractivity contribution in [1.82, 2.24) is 20.2 Å². The SMILES string of the molecule is CN=C(NCCOC1CCCCCC1)NCc1nc2ccccc2n1C. The third-order valence-electron chi connectivity index (χ3n) is 5.07. The normalized spacial score (nSPS) is 16.6. The molecule has 0 amide bonds. The number of fused-ring (bicyclic) bond motifs is 1. The standard InChI is InChI=1S/C20H31N5O/c1-21-20(22-13-14-26-16-9-5-3-4-6-10-16)23-15-19-24-17-11-7-8-12-18(17)25(19)2/h7-8,11-12,16H,3-6,9-10,13-15H2,1-2H3,(H2,21,22,23). The first-order chi connectivity index (χ1) is 12.8. The molecule has 0 aliphatic heterocycles. The van der Waals surface area contributed by atoms with Crippen molar-refractivity contribution < 1.29 is 4.74 Å². The summed E-state index contributed by atoms with van der Waals surface area (Å²) in [4.78, 5) is 8.97. The number of guanidine groups is 1. The minimum absolute atomic E-state index is 0.439. The van der Waals surface area contributed by atoms with Crippen LogP contribution in [0.1, 0.15) is 44.3 Å². The monoisotopic (exact) mass is 357 g/mol. The van der Waals surface area contributed by atoms with Gasteiger partial charge in [-0.1, -0.05) is 37.8 Å². The van der Waals surface area contributed by atoms with E-state index in [-0.39, 0.29) is 0 Å². The first kappa shape index (κ1) is 18.7. The number of para-hydroxylation sites is 2. The highest BCUT2D eigenvalue weighted by atomic mass is 16.5. The van der Waals surface area contributed by atoms with Gasteiger partial charge in [-0.25, -0.2) is 4.98 Å². The van der Waals surface area contributed by atoms with Crippen molar-refractivity contribution in [1.29, 1.82) is 0 Å². The number of aromatic nitrogens is 2. The molecule has 6 nitrogen and oxygen atoms in total. The first-order valence-corrected chi connectivity index (χ1v) is 9.74. The van der Waals surface area contributed by atoms with Crippen LogP contribution in [0.2, 0.25) is 0 Å². The van der Waals surface area contributed by atoms with Crippen LogP contribution in [0.4, 0.5) is 0 Å². The predicted molar refractivity (Wildman–Crippen MR) is 106 cm³/mol. The van der Waals surface area contributed by atoms with Crippen LogP contribution in [0.5, 0.6) is 0 Å². The van der Waals surface area contributed by atoms with Crippen molar-refractivity contribution in [3.05, 3.63) is 30.1 Å². The fourth-order valence-corrected chi connectivity index (χ4v) is 3.54. The highest BCUT2D eigenvalue weighted by molar-refractivity contribution is 5.80. The number of benzene rings is 1. The van der Waals surface area contributed by atoms with Crippen LogP contribution in [-0.2, 0) is 18.3 Å². The second-order valence-electron chi connectivity index (χ2n) is 6.91. The lowest BCUT2D eigenvalue weighted by molar-refractivity contribution is 0.0468. The van der Waals surface area contributed by atoms with E-state index in [0.29, 0.717) is 12.6 Å². The van der Waals surface area contributed by atoms with E-state index in [0.717, 1.165) is 36.0 Å². The van der Waals surface area contributed by atoms with Gasteiger partial charge in [0, 0.05) is 20.6 Å². The summed E-state index contributed by atoms with van der Waals surface area (Å²) in [6.45, 7) is 2.12. The molecule has 0 atom stereocenters. The lowest BCUT2D eigenvalue weighted by Gasteiger charge is -2.16. The number of aliphatic imine (C=N–C) groups is 1. The highest BCUT2D eigenvalue weighted by Gasteiger charge is 2.12. The van der Waals surface area contributed by atoms with Gasteiger partial charge in [-0.2, -0.15) is 0 Å². The molecule has 2 aromatic rings. The van der Waals surface area contributed by atoms with Crippen molar-refractivity contribution in [2.45, 2.75) is 51.2 Å². The van der Waals surface area contributed by atoms with E-state index in [1.165, 1.54) is 38.5 Å². The Morgan fingerprint density at radius 1 is 1.19 bits per heavy atom. The van der Waals surface area contributed by atoms with Gasteiger partial charge in [-0.3, -0.25) is 4.99 Å². The summed E-state index contributed by atoms with van der Waals surface area (Å²) in [6, 6.07) is 8.18. The summed E-state index contributed by atoms with van der Waals surface area (Å²) in [5.41, 5.74) is 2.16. The third kappa shape index (κ3) is 4.97. The average molecular weight is 358 g/mol. The minimum atomic E-state index is 0.439. The van der Waals surface area contributed by atoms with E-state index >= 15 is 0 Å². The van der Waals surface area contributed by atoms with Gasteiger partial charge in [0.1, 0.15) is 5.82 Å². The summed E-state index contributed by atoms with van der Waals surface area (Å²) in [5.74, 6) is 1.77. The molecular weight excluding hydrogens is 326 g/mol. The maximum absolute atomic E-state index is 6.02. The summed E-state index contributed by atoms with van der Waals surface area (Å²) in [5, 5.41) is 6.66. The summed E-state index contributed by atoms with van der Waals surface area (Å²) >= 11 is 0. The summed E-state index contributed by atoms with van der Waals surface area (Å²) < 4.78 is 8.13.